The van der Waals surface area contributed by atoms with E-state index in [9.17, 15) is 22.8 Å². The van der Waals surface area contributed by atoms with Crippen LogP contribution in [0.3, 0.4) is 0 Å². The fraction of sp³-hybridized carbons (Fsp3) is 0.200. The van der Waals surface area contributed by atoms with Crippen LogP contribution in [0.5, 0.6) is 0 Å². The van der Waals surface area contributed by atoms with Crippen molar-refractivity contribution in [1.82, 2.24) is 24.6 Å². The Hall–Kier alpha value is -4.45. The maximum Gasteiger partial charge on any atom is 0.435 e. The molecule has 0 bridgehead atoms. The number of nitrogens with two attached hydrogens (primary N) is 1. The number of carbonyl (C=O) groups excluding carboxylic acids is 2. The Balaban J connectivity index is 1.54. The van der Waals surface area contributed by atoms with E-state index in [2.05, 4.69) is 15.4 Å². The quantitative estimate of drug-likeness (QED) is 0.415. The lowest BCUT2D eigenvalue weighted by atomic mass is 10.0. The number of fused-ring (bicyclic) bond motifs is 1. The van der Waals surface area contributed by atoms with Gasteiger partial charge in [-0.2, -0.15) is 18.3 Å². The molecule has 4 aromatic rings. The van der Waals surface area contributed by atoms with E-state index in [4.69, 9.17) is 5.73 Å². The van der Waals surface area contributed by atoms with Gasteiger partial charge in [-0.3, -0.25) is 9.59 Å². The standard InChI is InChI=1S/C25H22F3N7O2/c1-30-14-20-31-10-12-33(20)16-5-7-17(8-6-16)34-11-9-19-21(24(34)37)35(32-22(19)25(26,27)28)18-4-2-3-15(13-18)23(29)36/h2-8,10,12-13,30H,9,11,14H2,1H3,(H2,29,36). The van der Waals surface area contributed by atoms with Crippen LogP contribution in [-0.4, -0.2) is 44.7 Å². The van der Waals surface area contributed by atoms with Crippen molar-refractivity contribution >= 4 is 17.5 Å². The number of benzene rings is 2. The summed E-state index contributed by atoms with van der Waals surface area (Å²) in [5.41, 5.74) is 5.42. The Morgan fingerprint density at radius 3 is 2.51 bits per heavy atom. The Labute approximate surface area is 209 Å². The molecule has 0 saturated heterocycles. The van der Waals surface area contributed by atoms with E-state index in [0.717, 1.165) is 16.2 Å². The number of carbonyl (C=O) groups is 2. The molecule has 2 amide bonds. The summed E-state index contributed by atoms with van der Waals surface area (Å²) in [7, 11) is 1.82. The fourth-order valence-electron chi connectivity index (χ4n) is 4.46. The highest BCUT2D eigenvalue weighted by Crippen LogP contribution is 2.37. The lowest BCUT2D eigenvalue weighted by Gasteiger charge is -2.28. The van der Waals surface area contributed by atoms with Crippen molar-refractivity contribution in [3.63, 3.8) is 0 Å². The van der Waals surface area contributed by atoms with Crippen molar-refractivity contribution in [3.8, 4) is 11.4 Å². The second-order valence-corrected chi connectivity index (χ2v) is 8.47. The van der Waals surface area contributed by atoms with Crippen LogP contribution >= 0.6 is 0 Å². The maximum absolute atomic E-state index is 13.8. The molecule has 0 atom stereocenters. The predicted octanol–water partition coefficient (Wildman–Crippen LogP) is 3.10. The van der Waals surface area contributed by atoms with Gasteiger partial charge in [-0.15, -0.1) is 0 Å². The molecule has 37 heavy (non-hydrogen) atoms. The van der Waals surface area contributed by atoms with Crippen LogP contribution in [0.2, 0.25) is 0 Å². The lowest BCUT2D eigenvalue weighted by molar-refractivity contribution is -0.141. The molecule has 190 valence electrons. The van der Waals surface area contributed by atoms with Crippen LogP contribution in [0.25, 0.3) is 11.4 Å². The largest absolute Gasteiger partial charge is 0.435 e. The van der Waals surface area contributed by atoms with Crippen LogP contribution in [0.15, 0.2) is 60.9 Å². The molecule has 0 unspecified atom stereocenters. The number of aromatic nitrogens is 4. The van der Waals surface area contributed by atoms with Crippen molar-refractivity contribution in [3.05, 3.63) is 89.3 Å². The van der Waals surface area contributed by atoms with Gasteiger partial charge < -0.3 is 20.5 Å². The Kier molecular flexibility index (Phi) is 6.04. The monoisotopic (exact) mass is 509 g/mol. The molecule has 0 spiro atoms. The van der Waals surface area contributed by atoms with Gasteiger partial charge in [0.1, 0.15) is 11.5 Å². The van der Waals surface area contributed by atoms with Gasteiger partial charge in [0.05, 0.1) is 12.2 Å². The van der Waals surface area contributed by atoms with E-state index >= 15 is 0 Å². The zero-order valence-corrected chi connectivity index (χ0v) is 19.7. The Bertz CT molecular complexity index is 1490. The van der Waals surface area contributed by atoms with Crippen molar-refractivity contribution < 1.29 is 22.8 Å². The van der Waals surface area contributed by atoms with Crippen molar-refractivity contribution in [2.75, 3.05) is 18.5 Å². The second kappa shape index (κ2) is 9.21. The number of imidazole rings is 1. The number of nitrogens with one attached hydrogen (secondary N) is 1. The molecule has 12 heteroatoms. The third kappa shape index (κ3) is 4.35. The van der Waals surface area contributed by atoms with Gasteiger partial charge in [-0.05, 0) is 55.9 Å². The predicted molar refractivity (Wildman–Crippen MR) is 129 cm³/mol. The van der Waals surface area contributed by atoms with E-state index in [1.165, 1.54) is 29.2 Å². The summed E-state index contributed by atoms with van der Waals surface area (Å²) in [6.45, 7) is 0.613. The molecule has 9 nitrogen and oxygen atoms in total. The SMILES string of the molecule is CNCc1nccn1-c1ccc(N2CCc3c(C(F)(F)F)nn(-c4cccc(C(N)=O)c4)c3C2=O)cc1. The first-order valence-corrected chi connectivity index (χ1v) is 11.4. The highest BCUT2D eigenvalue weighted by molar-refractivity contribution is 6.07. The highest BCUT2D eigenvalue weighted by Gasteiger charge is 2.43. The van der Waals surface area contributed by atoms with Crippen molar-refractivity contribution in [1.29, 1.82) is 0 Å². The Morgan fingerprint density at radius 1 is 1.11 bits per heavy atom. The van der Waals surface area contributed by atoms with Crippen molar-refractivity contribution in [2.45, 2.75) is 19.1 Å². The normalized spacial score (nSPS) is 13.6. The van der Waals surface area contributed by atoms with Crippen LogP contribution in [0, 0.1) is 0 Å². The average molecular weight is 509 g/mol. The molecule has 3 heterocycles. The highest BCUT2D eigenvalue weighted by atomic mass is 19.4. The van der Waals surface area contributed by atoms with Gasteiger partial charge in [0.2, 0.25) is 5.91 Å². The molecule has 0 fully saturated rings. The van der Waals surface area contributed by atoms with Gasteiger partial charge in [-0.1, -0.05) is 6.07 Å². The van der Waals surface area contributed by atoms with Crippen LogP contribution in [-0.2, 0) is 19.1 Å². The summed E-state index contributed by atoms with van der Waals surface area (Å²) in [5.74, 6) is -0.571. The minimum atomic E-state index is -4.75. The smallest absolute Gasteiger partial charge is 0.366 e. The summed E-state index contributed by atoms with van der Waals surface area (Å²) in [5, 5.41) is 6.81. The number of anilines is 1. The van der Waals surface area contributed by atoms with E-state index in [-0.39, 0.29) is 35.5 Å². The number of hydrogen-bond donors (Lipinski definition) is 2. The molecule has 0 aliphatic carbocycles. The number of rotatable bonds is 6. The minimum absolute atomic E-state index is 0.0407. The third-order valence-electron chi connectivity index (χ3n) is 6.15. The number of nitrogens with zero attached hydrogens (tertiary/aromatic N) is 5. The Morgan fingerprint density at radius 2 is 1.84 bits per heavy atom. The van der Waals surface area contributed by atoms with Gasteiger partial charge in [0.25, 0.3) is 5.91 Å². The van der Waals surface area contributed by atoms with Crippen LogP contribution < -0.4 is 16.0 Å². The molecule has 5 rings (SSSR count). The molecule has 1 aliphatic heterocycles. The number of alkyl halides is 3. The molecule has 0 saturated carbocycles. The first kappa shape index (κ1) is 24.3. The average Bonchev–Trinajstić information content (AvgIpc) is 3.50. The zero-order chi connectivity index (χ0) is 26.3. The maximum atomic E-state index is 13.8. The van der Waals surface area contributed by atoms with Gasteiger partial charge in [-0.25, -0.2) is 9.67 Å². The minimum Gasteiger partial charge on any atom is -0.366 e. The van der Waals surface area contributed by atoms with Gasteiger partial charge in [0, 0.05) is 41.4 Å². The topological polar surface area (TPSA) is 111 Å². The van der Waals surface area contributed by atoms with E-state index in [0.29, 0.717) is 12.2 Å². The molecule has 3 N–H and O–H groups in total. The third-order valence-corrected chi connectivity index (χ3v) is 6.15. The summed E-state index contributed by atoms with van der Waals surface area (Å²) in [6.07, 6.45) is -1.29. The first-order valence-electron chi connectivity index (χ1n) is 11.4. The first-order chi connectivity index (χ1) is 17.7. The lowest BCUT2D eigenvalue weighted by Crippen LogP contribution is -2.39. The summed E-state index contributed by atoms with van der Waals surface area (Å²) < 4.78 is 44.4. The molecular formula is C25H22F3N7O2. The van der Waals surface area contributed by atoms with Gasteiger partial charge in [0.15, 0.2) is 5.69 Å². The van der Waals surface area contributed by atoms with E-state index in [1.807, 2.05) is 29.9 Å². The summed E-state index contributed by atoms with van der Waals surface area (Å²) in [6, 6.07) is 12.8. The van der Waals surface area contributed by atoms with E-state index < -0.39 is 23.7 Å². The summed E-state index contributed by atoms with van der Waals surface area (Å²) in [4.78, 5) is 31.0. The number of halogens is 3. The zero-order valence-electron chi connectivity index (χ0n) is 19.7. The van der Waals surface area contributed by atoms with Crippen LogP contribution in [0.4, 0.5) is 18.9 Å². The summed E-state index contributed by atoms with van der Waals surface area (Å²) >= 11 is 0. The van der Waals surface area contributed by atoms with E-state index in [1.54, 1.807) is 18.3 Å². The number of hydrogen-bond acceptors (Lipinski definition) is 5. The molecule has 0 radical (unpaired) electrons. The van der Waals surface area contributed by atoms with Crippen LogP contribution in [0.1, 0.15) is 37.9 Å². The molecule has 2 aromatic heterocycles. The van der Waals surface area contributed by atoms with Crippen molar-refractivity contribution in [2.24, 2.45) is 5.73 Å². The molecule has 2 aromatic carbocycles. The molecular weight excluding hydrogens is 487 g/mol. The molecule has 1 aliphatic rings. The number of amides is 2. The second-order valence-electron chi connectivity index (χ2n) is 8.47. The fourth-order valence-corrected chi connectivity index (χ4v) is 4.46. The van der Waals surface area contributed by atoms with Gasteiger partial charge >= 0.3 is 6.18 Å². The number of primary amides is 1.